The number of rotatable bonds is 4. The minimum absolute atomic E-state index is 0.236. The van der Waals surface area contributed by atoms with E-state index in [1.165, 1.54) is 12.1 Å². The zero-order valence-electron chi connectivity index (χ0n) is 8.14. The molecule has 0 amide bonds. The minimum Gasteiger partial charge on any atom is -0.507 e. The van der Waals surface area contributed by atoms with Crippen LogP contribution in [-0.2, 0) is 9.63 Å². The molecule has 6 heteroatoms. The number of hydrogen-bond acceptors (Lipinski definition) is 5. The molecule has 0 aromatic heterocycles. The molecule has 1 aromatic rings. The van der Waals surface area contributed by atoms with Gasteiger partial charge in [-0.15, -0.1) is 0 Å². The highest BCUT2D eigenvalue weighted by Gasteiger charge is 2.09. The van der Waals surface area contributed by atoms with Crippen molar-refractivity contribution in [2.45, 2.75) is 0 Å². The minimum atomic E-state index is -1.24. The highest BCUT2D eigenvalue weighted by Crippen LogP contribution is 2.21. The second kappa shape index (κ2) is 4.83. The summed E-state index contributed by atoms with van der Waals surface area (Å²) < 4.78 is 0. The number of carboxylic acids is 1. The molecule has 0 aliphatic rings. The zero-order valence-corrected chi connectivity index (χ0v) is 8.14. The van der Waals surface area contributed by atoms with Crippen molar-refractivity contribution in [1.82, 2.24) is 0 Å². The SMILES string of the molecule is C=CC(=O)ONc1ccc(C(=O)O)c(O)c1. The van der Waals surface area contributed by atoms with Crippen LogP contribution < -0.4 is 5.48 Å². The number of aromatic hydroxyl groups is 1. The lowest BCUT2D eigenvalue weighted by atomic mass is 10.2. The van der Waals surface area contributed by atoms with Crippen molar-refractivity contribution in [2.75, 3.05) is 5.48 Å². The first-order chi connectivity index (χ1) is 7.54. The molecule has 0 unspecified atom stereocenters. The first-order valence-electron chi connectivity index (χ1n) is 4.20. The number of anilines is 1. The van der Waals surface area contributed by atoms with Gasteiger partial charge in [-0.3, -0.25) is 0 Å². The van der Waals surface area contributed by atoms with Crippen LogP contribution >= 0.6 is 0 Å². The summed E-state index contributed by atoms with van der Waals surface area (Å²) in [5, 5.41) is 17.9. The summed E-state index contributed by atoms with van der Waals surface area (Å²) in [7, 11) is 0. The molecular formula is C10H9NO5. The Labute approximate surface area is 90.7 Å². The topological polar surface area (TPSA) is 95.9 Å². The van der Waals surface area contributed by atoms with Crippen LogP contribution in [0.25, 0.3) is 0 Å². The van der Waals surface area contributed by atoms with Gasteiger partial charge < -0.3 is 15.1 Å². The van der Waals surface area contributed by atoms with E-state index in [9.17, 15) is 14.7 Å². The first kappa shape index (κ1) is 11.6. The number of benzene rings is 1. The zero-order chi connectivity index (χ0) is 12.1. The third-order valence-corrected chi connectivity index (χ3v) is 1.66. The average Bonchev–Trinajstić information content (AvgIpc) is 2.25. The molecule has 0 radical (unpaired) electrons. The van der Waals surface area contributed by atoms with Crippen LogP contribution in [0.1, 0.15) is 10.4 Å². The predicted molar refractivity (Wildman–Crippen MR) is 55.0 cm³/mol. The molecular weight excluding hydrogens is 214 g/mol. The van der Waals surface area contributed by atoms with E-state index < -0.39 is 17.7 Å². The van der Waals surface area contributed by atoms with Gasteiger partial charge in [-0.25, -0.2) is 15.1 Å². The maximum Gasteiger partial charge on any atom is 0.355 e. The van der Waals surface area contributed by atoms with Crippen molar-refractivity contribution in [1.29, 1.82) is 0 Å². The molecule has 0 bridgehead atoms. The Hall–Kier alpha value is -2.50. The van der Waals surface area contributed by atoms with Crippen LogP contribution in [-0.4, -0.2) is 22.2 Å². The van der Waals surface area contributed by atoms with Gasteiger partial charge in [0.15, 0.2) is 0 Å². The second-order valence-corrected chi connectivity index (χ2v) is 2.76. The summed E-state index contributed by atoms with van der Waals surface area (Å²) in [5.74, 6) is -2.36. The molecule has 1 aromatic carbocycles. The fourth-order valence-electron chi connectivity index (χ4n) is 0.927. The Morgan fingerprint density at radius 1 is 1.44 bits per heavy atom. The van der Waals surface area contributed by atoms with Gasteiger partial charge in [-0.2, -0.15) is 0 Å². The van der Waals surface area contributed by atoms with Gasteiger partial charge in [0.25, 0.3) is 0 Å². The fourth-order valence-corrected chi connectivity index (χ4v) is 0.927. The van der Waals surface area contributed by atoms with E-state index in [1.54, 1.807) is 0 Å². The number of carbonyl (C=O) groups excluding carboxylic acids is 1. The lowest BCUT2D eigenvalue weighted by Crippen LogP contribution is -2.07. The maximum absolute atomic E-state index is 10.7. The van der Waals surface area contributed by atoms with E-state index in [4.69, 9.17) is 5.11 Å². The molecule has 0 heterocycles. The second-order valence-electron chi connectivity index (χ2n) is 2.76. The van der Waals surface area contributed by atoms with E-state index in [-0.39, 0.29) is 11.3 Å². The van der Waals surface area contributed by atoms with Crippen LogP contribution in [0.4, 0.5) is 5.69 Å². The number of carbonyl (C=O) groups is 2. The summed E-state index contributed by atoms with van der Waals surface area (Å²) in [5.41, 5.74) is 2.24. The van der Waals surface area contributed by atoms with Crippen LogP contribution in [0.2, 0.25) is 0 Å². The summed E-state index contributed by atoms with van der Waals surface area (Å²) in [6, 6.07) is 3.65. The molecule has 0 saturated carbocycles. The lowest BCUT2D eigenvalue weighted by molar-refractivity contribution is -0.134. The van der Waals surface area contributed by atoms with Crippen LogP contribution in [0, 0.1) is 0 Å². The molecule has 84 valence electrons. The van der Waals surface area contributed by atoms with Gasteiger partial charge in [0.1, 0.15) is 11.3 Å². The summed E-state index contributed by atoms with van der Waals surface area (Å²) in [4.78, 5) is 25.7. The van der Waals surface area contributed by atoms with Crippen molar-refractivity contribution < 1.29 is 24.6 Å². The van der Waals surface area contributed by atoms with Crippen molar-refractivity contribution in [3.05, 3.63) is 36.4 Å². The Morgan fingerprint density at radius 3 is 2.62 bits per heavy atom. The molecule has 0 spiro atoms. The van der Waals surface area contributed by atoms with E-state index >= 15 is 0 Å². The van der Waals surface area contributed by atoms with Gasteiger partial charge >= 0.3 is 11.9 Å². The standard InChI is InChI=1S/C10H9NO5/c1-2-9(13)16-11-6-3-4-7(10(14)15)8(12)5-6/h2-5,11-12H,1H2,(H,14,15). The van der Waals surface area contributed by atoms with Crippen molar-refractivity contribution in [3.8, 4) is 5.75 Å². The Bertz CT molecular complexity index is 441. The van der Waals surface area contributed by atoms with Crippen LogP contribution in [0.3, 0.4) is 0 Å². The Morgan fingerprint density at radius 2 is 2.12 bits per heavy atom. The lowest BCUT2D eigenvalue weighted by Gasteiger charge is -2.06. The third kappa shape index (κ3) is 2.74. The van der Waals surface area contributed by atoms with E-state index in [1.807, 2.05) is 0 Å². The summed E-state index contributed by atoms with van der Waals surface area (Å²) >= 11 is 0. The number of hydrogen-bond donors (Lipinski definition) is 3. The summed E-state index contributed by atoms with van der Waals surface area (Å²) in [6.45, 7) is 3.19. The van der Waals surface area contributed by atoms with E-state index in [0.29, 0.717) is 0 Å². The van der Waals surface area contributed by atoms with Gasteiger partial charge in [0, 0.05) is 12.1 Å². The Kier molecular flexibility index (Phi) is 3.49. The number of nitrogens with one attached hydrogen (secondary N) is 1. The molecule has 6 nitrogen and oxygen atoms in total. The highest BCUT2D eigenvalue weighted by molar-refractivity contribution is 5.91. The van der Waals surface area contributed by atoms with Gasteiger partial charge in [0.2, 0.25) is 0 Å². The maximum atomic E-state index is 10.7. The predicted octanol–water partition coefficient (Wildman–Crippen LogP) is 1.15. The molecule has 16 heavy (non-hydrogen) atoms. The van der Waals surface area contributed by atoms with Crippen molar-refractivity contribution in [3.63, 3.8) is 0 Å². The van der Waals surface area contributed by atoms with Crippen LogP contribution in [0.5, 0.6) is 5.75 Å². The molecule has 3 N–H and O–H groups in total. The molecule has 0 atom stereocenters. The van der Waals surface area contributed by atoms with E-state index in [2.05, 4.69) is 16.9 Å². The largest absolute Gasteiger partial charge is 0.507 e. The van der Waals surface area contributed by atoms with Gasteiger partial charge in [0.05, 0.1) is 5.69 Å². The van der Waals surface area contributed by atoms with E-state index in [0.717, 1.165) is 12.1 Å². The first-order valence-corrected chi connectivity index (χ1v) is 4.20. The van der Waals surface area contributed by atoms with Crippen LogP contribution in [0.15, 0.2) is 30.9 Å². The highest BCUT2D eigenvalue weighted by atomic mass is 16.7. The van der Waals surface area contributed by atoms with Crippen molar-refractivity contribution >= 4 is 17.6 Å². The molecule has 0 aliphatic heterocycles. The molecule has 0 fully saturated rings. The monoisotopic (exact) mass is 223 g/mol. The smallest absolute Gasteiger partial charge is 0.355 e. The number of aromatic carboxylic acids is 1. The molecule has 0 aliphatic carbocycles. The fraction of sp³-hybridized carbons (Fsp3) is 0. The third-order valence-electron chi connectivity index (χ3n) is 1.66. The summed E-state index contributed by atoms with van der Waals surface area (Å²) in [6.07, 6.45) is 0.957. The van der Waals surface area contributed by atoms with Crippen molar-refractivity contribution in [2.24, 2.45) is 0 Å². The quantitative estimate of drug-likeness (QED) is 0.523. The van der Waals surface area contributed by atoms with Gasteiger partial charge in [-0.05, 0) is 12.1 Å². The van der Waals surface area contributed by atoms with Gasteiger partial charge in [-0.1, -0.05) is 6.58 Å². The Balaban J connectivity index is 2.77. The molecule has 0 saturated heterocycles. The average molecular weight is 223 g/mol. The number of carboxylic acid groups (broad SMARTS) is 1. The normalized spacial score (nSPS) is 9.25. The molecule has 1 rings (SSSR count). The number of phenols is 1.